The normalized spacial score (nSPS) is 11.6. The van der Waals surface area contributed by atoms with Crippen LogP contribution in [-0.4, -0.2) is 27.8 Å². The van der Waals surface area contributed by atoms with Crippen LogP contribution in [0.1, 0.15) is 46.7 Å². The lowest BCUT2D eigenvalue weighted by atomic mass is 10.1. The second-order valence-electron chi connectivity index (χ2n) is 5.26. The molecule has 2 amide bonds. The molecule has 2 N–H and O–H groups in total. The first-order chi connectivity index (χ1) is 11.1. The minimum atomic E-state index is -0.299. The number of benzene rings is 1. The average molecular weight is 312 g/mol. The highest BCUT2D eigenvalue weighted by Crippen LogP contribution is 2.06. The molecule has 1 unspecified atom stereocenters. The second kappa shape index (κ2) is 8.03. The van der Waals surface area contributed by atoms with Crippen LogP contribution in [0.2, 0.25) is 0 Å². The Morgan fingerprint density at radius 3 is 2.74 bits per heavy atom. The van der Waals surface area contributed by atoms with Gasteiger partial charge in [-0.2, -0.15) is 0 Å². The fraction of sp³-hybridized carbons (Fsp3) is 0.294. The van der Waals surface area contributed by atoms with Gasteiger partial charge < -0.3 is 10.6 Å². The number of amides is 2. The van der Waals surface area contributed by atoms with Crippen molar-refractivity contribution >= 4 is 11.8 Å². The first-order valence-corrected chi connectivity index (χ1v) is 7.54. The van der Waals surface area contributed by atoms with E-state index in [1.165, 1.54) is 18.6 Å². The zero-order valence-corrected chi connectivity index (χ0v) is 13.2. The molecule has 0 radical (unpaired) electrons. The molecular formula is C17H20N4O2. The van der Waals surface area contributed by atoms with Gasteiger partial charge in [0, 0.05) is 30.5 Å². The van der Waals surface area contributed by atoms with Crippen LogP contribution in [0.5, 0.6) is 0 Å². The third-order valence-corrected chi connectivity index (χ3v) is 3.43. The fourth-order valence-electron chi connectivity index (χ4n) is 1.92. The van der Waals surface area contributed by atoms with Gasteiger partial charge in [0.05, 0.1) is 6.20 Å². The molecule has 0 saturated heterocycles. The summed E-state index contributed by atoms with van der Waals surface area (Å²) in [6.07, 6.45) is 5.26. The standard InChI is InChI=1S/C17H20N4O2/c1-3-12(2)21-16(22)14-6-4-5-13(9-14)10-20-17(23)15-11-18-7-8-19-15/h4-9,11-12H,3,10H2,1-2H3,(H,20,23)(H,21,22). The van der Waals surface area contributed by atoms with Crippen molar-refractivity contribution in [1.82, 2.24) is 20.6 Å². The maximum atomic E-state index is 12.1. The Labute approximate surface area is 135 Å². The second-order valence-corrected chi connectivity index (χ2v) is 5.26. The van der Waals surface area contributed by atoms with Crippen LogP contribution in [0.4, 0.5) is 0 Å². The van der Waals surface area contributed by atoms with Crippen LogP contribution in [0.15, 0.2) is 42.9 Å². The van der Waals surface area contributed by atoms with E-state index in [0.717, 1.165) is 12.0 Å². The first kappa shape index (κ1) is 16.6. The van der Waals surface area contributed by atoms with E-state index in [1.807, 2.05) is 19.9 Å². The molecule has 0 bridgehead atoms. The van der Waals surface area contributed by atoms with Crippen LogP contribution < -0.4 is 10.6 Å². The zero-order valence-electron chi connectivity index (χ0n) is 13.2. The predicted molar refractivity (Wildman–Crippen MR) is 86.9 cm³/mol. The highest BCUT2D eigenvalue weighted by Gasteiger charge is 2.10. The lowest BCUT2D eigenvalue weighted by Crippen LogP contribution is -2.32. The molecule has 0 saturated carbocycles. The highest BCUT2D eigenvalue weighted by atomic mass is 16.2. The van der Waals surface area contributed by atoms with Crippen molar-refractivity contribution in [2.75, 3.05) is 0 Å². The molecule has 0 aliphatic carbocycles. The summed E-state index contributed by atoms with van der Waals surface area (Å²) in [5.41, 5.74) is 1.69. The quantitative estimate of drug-likeness (QED) is 0.853. The summed E-state index contributed by atoms with van der Waals surface area (Å²) < 4.78 is 0. The minimum absolute atomic E-state index is 0.110. The Bertz CT molecular complexity index is 673. The molecule has 1 aromatic carbocycles. The van der Waals surface area contributed by atoms with Crippen LogP contribution in [0.25, 0.3) is 0 Å². The highest BCUT2D eigenvalue weighted by molar-refractivity contribution is 5.94. The van der Waals surface area contributed by atoms with Crippen LogP contribution in [0, 0.1) is 0 Å². The predicted octanol–water partition coefficient (Wildman–Crippen LogP) is 1.93. The summed E-state index contributed by atoms with van der Waals surface area (Å²) >= 11 is 0. The van der Waals surface area contributed by atoms with E-state index in [2.05, 4.69) is 20.6 Å². The average Bonchev–Trinajstić information content (AvgIpc) is 2.60. The summed E-state index contributed by atoms with van der Waals surface area (Å²) in [5, 5.41) is 5.68. The van der Waals surface area contributed by atoms with Crippen molar-refractivity contribution in [3.63, 3.8) is 0 Å². The van der Waals surface area contributed by atoms with E-state index < -0.39 is 0 Å². The van der Waals surface area contributed by atoms with Gasteiger partial charge >= 0.3 is 0 Å². The molecule has 0 aliphatic heterocycles. The molecule has 6 nitrogen and oxygen atoms in total. The Hall–Kier alpha value is -2.76. The van der Waals surface area contributed by atoms with Gasteiger partial charge in [0.2, 0.25) is 0 Å². The number of nitrogens with zero attached hydrogens (tertiary/aromatic N) is 2. The van der Waals surface area contributed by atoms with Gasteiger partial charge in [0.1, 0.15) is 5.69 Å². The number of hydrogen-bond acceptors (Lipinski definition) is 4. The summed E-state index contributed by atoms with van der Waals surface area (Å²) in [6, 6.07) is 7.31. The van der Waals surface area contributed by atoms with E-state index in [1.54, 1.807) is 18.2 Å². The van der Waals surface area contributed by atoms with Crippen molar-refractivity contribution in [1.29, 1.82) is 0 Å². The largest absolute Gasteiger partial charge is 0.350 e. The topological polar surface area (TPSA) is 84.0 Å². The monoisotopic (exact) mass is 312 g/mol. The number of carbonyl (C=O) groups excluding carboxylic acids is 2. The van der Waals surface area contributed by atoms with Crippen molar-refractivity contribution in [2.24, 2.45) is 0 Å². The van der Waals surface area contributed by atoms with Crippen molar-refractivity contribution in [2.45, 2.75) is 32.9 Å². The van der Waals surface area contributed by atoms with Crippen molar-refractivity contribution in [3.05, 3.63) is 59.7 Å². The number of rotatable bonds is 6. The van der Waals surface area contributed by atoms with Crippen molar-refractivity contribution < 1.29 is 9.59 Å². The fourth-order valence-corrected chi connectivity index (χ4v) is 1.92. The molecule has 23 heavy (non-hydrogen) atoms. The van der Waals surface area contributed by atoms with Gasteiger partial charge in [-0.25, -0.2) is 4.98 Å². The summed E-state index contributed by atoms with van der Waals surface area (Å²) in [5.74, 6) is -0.408. The van der Waals surface area contributed by atoms with Crippen LogP contribution >= 0.6 is 0 Å². The number of carbonyl (C=O) groups is 2. The van der Waals surface area contributed by atoms with Gasteiger partial charge in [-0.3, -0.25) is 14.6 Å². The van der Waals surface area contributed by atoms with E-state index >= 15 is 0 Å². The summed E-state index contributed by atoms with van der Waals surface area (Å²) in [7, 11) is 0. The van der Waals surface area contributed by atoms with E-state index in [0.29, 0.717) is 12.1 Å². The third kappa shape index (κ3) is 4.88. The first-order valence-electron chi connectivity index (χ1n) is 7.54. The van der Waals surface area contributed by atoms with Crippen molar-refractivity contribution in [3.8, 4) is 0 Å². The van der Waals surface area contributed by atoms with Gasteiger partial charge in [-0.05, 0) is 31.0 Å². The summed E-state index contributed by atoms with van der Waals surface area (Å²) in [6.45, 7) is 4.30. The molecule has 0 aliphatic rings. The molecule has 1 aromatic heterocycles. The van der Waals surface area contributed by atoms with Gasteiger partial charge in [-0.15, -0.1) is 0 Å². The molecule has 1 heterocycles. The molecule has 0 fully saturated rings. The molecular weight excluding hydrogens is 292 g/mol. The molecule has 1 atom stereocenters. The van der Waals surface area contributed by atoms with E-state index in [-0.39, 0.29) is 23.6 Å². The SMILES string of the molecule is CCC(C)NC(=O)c1cccc(CNC(=O)c2cnccn2)c1. The Balaban J connectivity index is 1.97. The Morgan fingerprint density at radius 1 is 1.22 bits per heavy atom. The number of hydrogen-bond donors (Lipinski definition) is 2. The molecule has 0 spiro atoms. The molecule has 120 valence electrons. The summed E-state index contributed by atoms with van der Waals surface area (Å²) in [4.78, 5) is 31.8. The van der Waals surface area contributed by atoms with E-state index in [4.69, 9.17) is 0 Å². The lowest BCUT2D eigenvalue weighted by molar-refractivity contribution is 0.0935. The molecule has 2 rings (SSSR count). The molecule has 2 aromatic rings. The lowest BCUT2D eigenvalue weighted by Gasteiger charge is -2.12. The molecule has 6 heteroatoms. The number of nitrogens with one attached hydrogen (secondary N) is 2. The van der Waals surface area contributed by atoms with Crippen LogP contribution in [-0.2, 0) is 6.54 Å². The van der Waals surface area contributed by atoms with Crippen LogP contribution in [0.3, 0.4) is 0 Å². The zero-order chi connectivity index (χ0) is 16.7. The maximum Gasteiger partial charge on any atom is 0.271 e. The van der Waals surface area contributed by atoms with Gasteiger partial charge in [-0.1, -0.05) is 19.1 Å². The van der Waals surface area contributed by atoms with E-state index in [9.17, 15) is 9.59 Å². The maximum absolute atomic E-state index is 12.1. The Morgan fingerprint density at radius 2 is 2.04 bits per heavy atom. The minimum Gasteiger partial charge on any atom is -0.350 e. The van der Waals surface area contributed by atoms with Gasteiger partial charge in [0.15, 0.2) is 0 Å². The van der Waals surface area contributed by atoms with Gasteiger partial charge in [0.25, 0.3) is 11.8 Å². The number of aromatic nitrogens is 2. The smallest absolute Gasteiger partial charge is 0.271 e. The third-order valence-electron chi connectivity index (χ3n) is 3.43. The Kier molecular flexibility index (Phi) is 5.80.